The van der Waals surface area contributed by atoms with Crippen LogP contribution in [0.25, 0.3) is 0 Å². The minimum Gasteiger partial charge on any atom is -0.321 e. The Kier molecular flexibility index (Phi) is 3.07. The topological polar surface area (TPSA) is 73.8 Å². The first-order valence-electron chi connectivity index (χ1n) is 3.91. The number of carbonyl (C=O) groups is 1. The number of halogens is 1. The molecule has 0 radical (unpaired) electrons. The summed E-state index contributed by atoms with van der Waals surface area (Å²) in [5.41, 5.74) is 5.64. The van der Waals surface area contributed by atoms with Crippen LogP contribution in [0.2, 0.25) is 0 Å². The van der Waals surface area contributed by atoms with Gasteiger partial charge in [0.2, 0.25) is 0 Å². The summed E-state index contributed by atoms with van der Waals surface area (Å²) in [6.07, 6.45) is 1.29. The molecule has 1 rings (SSSR count). The van der Waals surface area contributed by atoms with Crippen LogP contribution in [-0.2, 0) is 6.54 Å². The molecule has 0 fully saturated rings. The number of carbonyl (C=O) groups excluding carboxylic acids is 1. The molecule has 0 amide bonds. The third-order valence-corrected chi connectivity index (χ3v) is 1.58. The fraction of sp³-hybridized carbons (Fsp3) is 0.571. The Labute approximate surface area is 74.7 Å². The van der Waals surface area contributed by atoms with Crippen molar-refractivity contribution in [2.24, 2.45) is 5.73 Å². The van der Waals surface area contributed by atoms with Crippen molar-refractivity contribution in [1.82, 2.24) is 15.0 Å². The standard InChI is InChI=1S/C7H11FN4O/c1-5(9)7(13)6-4-10-11-12(6)3-2-8/h4-5H,2-3,9H2,1H3. The van der Waals surface area contributed by atoms with Gasteiger partial charge in [-0.25, -0.2) is 9.07 Å². The molecule has 0 aliphatic carbocycles. The largest absolute Gasteiger partial charge is 0.321 e. The lowest BCUT2D eigenvalue weighted by Crippen LogP contribution is -2.29. The zero-order valence-electron chi connectivity index (χ0n) is 7.27. The first kappa shape index (κ1) is 9.79. The van der Waals surface area contributed by atoms with E-state index in [0.717, 1.165) is 0 Å². The highest BCUT2D eigenvalue weighted by molar-refractivity contribution is 5.97. The zero-order valence-corrected chi connectivity index (χ0v) is 7.27. The fourth-order valence-corrected chi connectivity index (χ4v) is 0.927. The Morgan fingerprint density at radius 3 is 3.08 bits per heavy atom. The highest BCUT2D eigenvalue weighted by atomic mass is 19.1. The van der Waals surface area contributed by atoms with Gasteiger partial charge in [0.1, 0.15) is 12.4 Å². The molecular formula is C7H11FN4O. The second-order valence-electron chi connectivity index (χ2n) is 2.68. The van der Waals surface area contributed by atoms with Crippen molar-refractivity contribution >= 4 is 5.78 Å². The molecule has 1 aromatic heterocycles. The Balaban J connectivity index is 2.87. The van der Waals surface area contributed by atoms with Crippen LogP contribution in [0.4, 0.5) is 4.39 Å². The van der Waals surface area contributed by atoms with Crippen molar-refractivity contribution in [3.63, 3.8) is 0 Å². The summed E-state index contributed by atoms with van der Waals surface area (Å²) in [6, 6.07) is -0.614. The second-order valence-corrected chi connectivity index (χ2v) is 2.68. The van der Waals surface area contributed by atoms with E-state index in [2.05, 4.69) is 10.3 Å². The first-order chi connectivity index (χ1) is 6.16. The molecule has 1 aromatic rings. The normalized spacial score (nSPS) is 12.8. The number of hydrogen-bond acceptors (Lipinski definition) is 4. The van der Waals surface area contributed by atoms with Gasteiger partial charge in [0.25, 0.3) is 0 Å². The highest BCUT2D eigenvalue weighted by Crippen LogP contribution is 2.00. The van der Waals surface area contributed by atoms with Crippen molar-refractivity contribution in [3.8, 4) is 0 Å². The van der Waals surface area contributed by atoms with Crippen LogP contribution >= 0.6 is 0 Å². The van der Waals surface area contributed by atoms with Gasteiger partial charge in [0, 0.05) is 0 Å². The predicted molar refractivity (Wildman–Crippen MR) is 44.0 cm³/mol. The van der Waals surface area contributed by atoms with Crippen LogP contribution < -0.4 is 5.73 Å². The van der Waals surface area contributed by atoms with Gasteiger partial charge in [-0.2, -0.15) is 0 Å². The molecule has 1 unspecified atom stereocenters. The van der Waals surface area contributed by atoms with E-state index in [-0.39, 0.29) is 18.0 Å². The third-order valence-electron chi connectivity index (χ3n) is 1.58. The number of nitrogens with zero attached hydrogens (tertiary/aromatic N) is 3. The first-order valence-corrected chi connectivity index (χ1v) is 3.91. The van der Waals surface area contributed by atoms with Crippen molar-refractivity contribution in [3.05, 3.63) is 11.9 Å². The van der Waals surface area contributed by atoms with Gasteiger partial charge in [0.15, 0.2) is 5.78 Å². The summed E-state index contributed by atoms with van der Waals surface area (Å²) in [4.78, 5) is 11.4. The van der Waals surface area contributed by atoms with E-state index in [1.165, 1.54) is 10.9 Å². The maximum absolute atomic E-state index is 12.0. The van der Waals surface area contributed by atoms with Crippen LogP contribution in [0.5, 0.6) is 0 Å². The Morgan fingerprint density at radius 1 is 1.85 bits per heavy atom. The van der Waals surface area contributed by atoms with Crippen LogP contribution in [0.3, 0.4) is 0 Å². The van der Waals surface area contributed by atoms with Crippen LogP contribution in [0.15, 0.2) is 6.20 Å². The van der Waals surface area contributed by atoms with Gasteiger partial charge in [0.05, 0.1) is 18.8 Å². The summed E-state index contributed by atoms with van der Waals surface area (Å²) < 4.78 is 13.2. The average molecular weight is 186 g/mol. The van der Waals surface area contributed by atoms with Crippen molar-refractivity contribution in [2.45, 2.75) is 19.5 Å². The summed E-state index contributed by atoms with van der Waals surface area (Å²) in [6.45, 7) is 1.02. The third kappa shape index (κ3) is 2.09. The Hall–Kier alpha value is -1.30. The van der Waals surface area contributed by atoms with E-state index in [0.29, 0.717) is 0 Å². The van der Waals surface area contributed by atoms with Crippen LogP contribution in [0, 0.1) is 0 Å². The molecule has 0 saturated carbocycles. The lowest BCUT2D eigenvalue weighted by molar-refractivity contribution is 0.0957. The van der Waals surface area contributed by atoms with Gasteiger partial charge in [-0.1, -0.05) is 5.21 Å². The highest BCUT2D eigenvalue weighted by Gasteiger charge is 2.16. The van der Waals surface area contributed by atoms with E-state index in [1.807, 2.05) is 0 Å². The van der Waals surface area contributed by atoms with Crippen molar-refractivity contribution in [1.29, 1.82) is 0 Å². The molecule has 0 aliphatic heterocycles. The fourth-order valence-electron chi connectivity index (χ4n) is 0.927. The molecule has 1 heterocycles. The quantitative estimate of drug-likeness (QED) is 0.659. The molecule has 6 heteroatoms. The molecule has 0 spiro atoms. The van der Waals surface area contributed by atoms with Gasteiger partial charge in [-0.05, 0) is 6.92 Å². The summed E-state index contributed by atoms with van der Waals surface area (Å²) in [5.74, 6) is -0.279. The number of Topliss-reactive ketones (excluding diaryl/α,β-unsaturated/α-hetero) is 1. The molecular weight excluding hydrogens is 175 g/mol. The molecule has 2 N–H and O–H groups in total. The summed E-state index contributed by atoms with van der Waals surface area (Å²) >= 11 is 0. The van der Waals surface area contributed by atoms with Crippen molar-refractivity contribution < 1.29 is 9.18 Å². The van der Waals surface area contributed by atoms with E-state index >= 15 is 0 Å². The number of hydrogen-bond donors (Lipinski definition) is 1. The molecule has 72 valence electrons. The van der Waals surface area contributed by atoms with E-state index in [4.69, 9.17) is 5.73 Å². The molecule has 13 heavy (non-hydrogen) atoms. The van der Waals surface area contributed by atoms with Crippen molar-refractivity contribution in [2.75, 3.05) is 6.67 Å². The molecule has 5 nitrogen and oxygen atoms in total. The lowest BCUT2D eigenvalue weighted by Gasteiger charge is -2.04. The number of nitrogens with two attached hydrogens (primary N) is 1. The smallest absolute Gasteiger partial charge is 0.198 e. The number of aromatic nitrogens is 3. The van der Waals surface area contributed by atoms with Gasteiger partial charge >= 0.3 is 0 Å². The maximum Gasteiger partial charge on any atom is 0.198 e. The van der Waals surface area contributed by atoms with Gasteiger partial charge in [-0.3, -0.25) is 4.79 Å². The minimum atomic E-state index is -0.614. The van der Waals surface area contributed by atoms with Gasteiger partial charge < -0.3 is 5.73 Å². The Morgan fingerprint density at radius 2 is 2.54 bits per heavy atom. The summed E-state index contributed by atoms with van der Waals surface area (Å²) in [7, 11) is 0. The average Bonchev–Trinajstić information content (AvgIpc) is 2.52. The molecule has 0 aromatic carbocycles. The second kappa shape index (κ2) is 4.08. The monoisotopic (exact) mass is 186 g/mol. The summed E-state index contributed by atoms with van der Waals surface area (Å²) in [5, 5.41) is 7.07. The SMILES string of the molecule is CC(N)C(=O)c1cnnn1CCF. The van der Waals surface area contributed by atoms with E-state index in [9.17, 15) is 9.18 Å². The number of rotatable bonds is 4. The van der Waals surface area contributed by atoms with Crippen LogP contribution in [0.1, 0.15) is 17.4 Å². The molecule has 0 aliphatic rings. The van der Waals surface area contributed by atoms with Crippen LogP contribution in [-0.4, -0.2) is 33.5 Å². The minimum absolute atomic E-state index is 0.0355. The lowest BCUT2D eigenvalue weighted by atomic mass is 10.2. The number of aryl methyl sites for hydroxylation is 1. The molecule has 1 atom stereocenters. The molecule has 0 bridgehead atoms. The van der Waals surface area contributed by atoms with E-state index in [1.54, 1.807) is 6.92 Å². The van der Waals surface area contributed by atoms with E-state index < -0.39 is 12.7 Å². The maximum atomic E-state index is 12.0. The molecule has 0 saturated heterocycles. The predicted octanol–water partition coefficient (Wildman–Crippen LogP) is -0.223. The number of alkyl halides is 1. The van der Waals surface area contributed by atoms with Gasteiger partial charge in [-0.15, -0.1) is 5.10 Å². The zero-order chi connectivity index (χ0) is 9.84. The Bertz CT molecular complexity index is 296. The number of ketones is 1.